The SMILES string of the molecule is c1ccc2c(c1)NC[C@H]1CCCC[C@@H]21. The molecule has 1 aromatic carbocycles. The Morgan fingerprint density at radius 1 is 1.07 bits per heavy atom. The zero-order chi connectivity index (χ0) is 9.38. The fourth-order valence-electron chi connectivity index (χ4n) is 3.08. The van der Waals surface area contributed by atoms with E-state index in [1.54, 1.807) is 5.56 Å². The lowest BCUT2D eigenvalue weighted by Crippen LogP contribution is -2.30. The van der Waals surface area contributed by atoms with Crippen molar-refractivity contribution in [3.05, 3.63) is 29.8 Å². The van der Waals surface area contributed by atoms with E-state index in [0.717, 1.165) is 11.8 Å². The van der Waals surface area contributed by atoms with E-state index < -0.39 is 0 Å². The molecule has 0 saturated heterocycles. The average molecular weight is 187 g/mol. The van der Waals surface area contributed by atoms with Crippen LogP contribution in [-0.2, 0) is 0 Å². The Balaban J connectivity index is 1.99. The number of fused-ring (bicyclic) bond motifs is 3. The molecule has 1 heterocycles. The molecule has 1 nitrogen and oxygen atoms in total. The normalized spacial score (nSPS) is 30.0. The zero-order valence-corrected chi connectivity index (χ0v) is 8.50. The fraction of sp³-hybridized carbons (Fsp3) is 0.538. The molecule has 1 heteroatoms. The number of para-hydroxylation sites is 1. The molecule has 1 aromatic rings. The van der Waals surface area contributed by atoms with Crippen LogP contribution in [0.5, 0.6) is 0 Å². The van der Waals surface area contributed by atoms with Gasteiger partial charge in [-0.3, -0.25) is 0 Å². The minimum absolute atomic E-state index is 0.848. The van der Waals surface area contributed by atoms with Gasteiger partial charge in [-0.05, 0) is 36.3 Å². The van der Waals surface area contributed by atoms with Crippen LogP contribution in [0.1, 0.15) is 37.2 Å². The highest BCUT2D eigenvalue weighted by Crippen LogP contribution is 2.43. The first-order valence-corrected chi connectivity index (χ1v) is 5.78. The second-order valence-electron chi connectivity index (χ2n) is 4.62. The monoisotopic (exact) mass is 187 g/mol. The van der Waals surface area contributed by atoms with E-state index in [0.29, 0.717) is 0 Å². The van der Waals surface area contributed by atoms with Crippen LogP contribution in [0.15, 0.2) is 24.3 Å². The Morgan fingerprint density at radius 3 is 2.93 bits per heavy atom. The summed E-state index contributed by atoms with van der Waals surface area (Å²) >= 11 is 0. The maximum absolute atomic E-state index is 3.56. The van der Waals surface area contributed by atoms with Crippen LogP contribution in [0.2, 0.25) is 0 Å². The van der Waals surface area contributed by atoms with E-state index in [2.05, 4.69) is 29.6 Å². The van der Waals surface area contributed by atoms with E-state index in [4.69, 9.17) is 0 Å². The van der Waals surface area contributed by atoms with E-state index in [-0.39, 0.29) is 0 Å². The standard InChI is InChI=1S/C13H17N/c1-2-6-11-10(5-1)9-14-13-8-4-3-7-12(11)13/h3-4,7-8,10-11,14H,1-2,5-6,9H2/t10-,11-/m1/s1. The lowest BCUT2D eigenvalue weighted by molar-refractivity contribution is 0.313. The number of anilines is 1. The van der Waals surface area contributed by atoms with Gasteiger partial charge < -0.3 is 5.32 Å². The maximum Gasteiger partial charge on any atom is 0.0375 e. The van der Waals surface area contributed by atoms with Crippen molar-refractivity contribution in [1.82, 2.24) is 0 Å². The molecule has 74 valence electrons. The quantitative estimate of drug-likeness (QED) is 0.656. The van der Waals surface area contributed by atoms with Crippen molar-refractivity contribution >= 4 is 5.69 Å². The molecule has 3 rings (SSSR count). The lowest BCUT2D eigenvalue weighted by Gasteiger charge is -2.37. The van der Waals surface area contributed by atoms with Gasteiger partial charge in [0, 0.05) is 12.2 Å². The van der Waals surface area contributed by atoms with E-state index >= 15 is 0 Å². The van der Waals surface area contributed by atoms with Gasteiger partial charge in [-0.15, -0.1) is 0 Å². The Bertz CT molecular complexity index is 332. The van der Waals surface area contributed by atoms with Crippen molar-refractivity contribution in [1.29, 1.82) is 0 Å². The molecule has 0 unspecified atom stereocenters. The molecule has 0 bridgehead atoms. The molecule has 1 aliphatic heterocycles. The van der Waals surface area contributed by atoms with Gasteiger partial charge in [0.25, 0.3) is 0 Å². The largest absolute Gasteiger partial charge is 0.385 e. The minimum Gasteiger partial charge on any atom is -0.385 e. The first-order chi connectivity index (χ1) is 6.95. The average Bonchev–Trinajstić information content (AvgIpc) is 2.29. The van der Waals surface area contributed by atoms with Gasteiger partial charge in [-0.2, -0.15) is 0 Å². The Hall–Kier alpha value is -0.980. The summed E-state index contributed by atoms with van der Waals surface area (Å²) in [5, 5.41) is 3.56. The summed E-state index contributed by atoms with van der Waals surface area (Å²) in [6.07, 6.45) is 5.69. The highest BCUT2D eigenvalue weighted by molar-refractivity contribution is 5.55. The van der Waals surface area contributed by atoms with Crippen molar-refractivity contribution in [3.63, 3.8) is 0 Å². The van der Waals surface area contributed by atoms with Crippen LogP contribution in [0.3, 0.4) is 0 Å². The third kappa shape index (κ3) is 1.23. The Kier molecular flexibility index (Phi) is 1.97. The molecular weight excluding hydrogens is 170 g/mol. The number of hydrogen-bond acceptors (Lipinski definition) is 1. The molecule has 2 aliphatic rings. The van der Waals surface area contributed by atoms with Crippen molar-refractivity contribution in [2.45, 2.75) is 31.6 Å². The van der Waals surface area contributed by atoms with Gasteiger partial charge in [0.05, 0.1) is 0 Å². The van der Waals surface area contributed by atoms with Gasteiger partial charge in [0.15, 0.2) is 0 Å². The van der Waals surface area contributed by atoms with Gasteiger partial charge in [0.1, 0.15) is 0 Å². The fourth-order valence-corrected chi connectivity index (χ4v) is 3.08. The highest BCUT2D eigenvalue weighted by atomic mass is 14.9. The minimum atomic E-state index is 0.848. The van der Waals surface area contributed by atoms with Gasteiger partial charge in [-0.25, -0.2) is 0 Å². The molecule has 1 aliphatic carbocycles. The first kappa shape index (κ1) is 8.34. The third-order valence-corrected chi connectivity index (χ3v) is 3.82. The third-order valence-electron chi connectivity index (χ3n) is 3.82. The lowest BCUT2D eigenvalue weighted by atomic mass is 9.73. The number of rotatable bonds is 0. The summed E-state index contributed by atoms with van der Waals surface area (Å²) < 4.78 is 0. The maximum atomic E-state index is 3.56. The summed E-state index contributed by atoms with van der Waals surface area (Å²) in [4.78, 5) is 0. The topological polar surface area (TPSA) is 12.0 Å². The van der Waals surface area contributed by atoms with Gasteiger partial charge in [0.2, 0.25) is 0 Å². The second-order valence-corrected chi connectivity index (χ2v) is 4.62. The van der Waals surface area contributed by atoms with Crippen LogP contribution in [-0.4, -0.2) is 6.54 Å². The summed E-state index contributed by atoms with van der Waals surface area (Å²) in [7, 11) is 0. The van der Waals surface area contributed by atoms with Crippen LogP contribution in [0.4, 0.5) is 5.69 Å². The van der Waals surface area contributed by atoms with Crippen molar-refractivity contribution in [3.8, 4) is 0 Å². The molecule has 0 spiro atoms. The smallest absolute Gasteiger partial charge is 0.0375 e. The summed E-state index contributed by atoms with van der Waals surface area (Å²) in [5.41, 5.74) is 2.96. The molecule has 2 atom stereocenters. The molecular formula is C13H17N. The molecule has 1 saturated carbocycles. The summed E-state index contributed by atoms with van der Waals surface area (Å²) in [5.74, 6) is 1.75. The van der Waals surface area contributed by atoms with Crippen molar-refractivity contribution < 1.29 is 0 Å². The number of nitrogens with one attached hydrogen (secondary N) is 1. The summed E-state index contributed by atoms with van der Waals surface area (Å²) in [6, 6.07) is 8.84. The van der Waals surface area contributed by atoms with Gasteiger partial charge >= 0.3 is 0 Å². The number of benzene rings is 1. The van der Waals surface area contributed by atoms with Gasteiger partial charge in [-0.1, -0.05) is 31.0 Å². The Morgan fingerprint density at radius 2 is 1.93 bits per heavy atom. The molecule has 14 heavy (non-hydrogen) atoms. The van der Waals surface area contributed by atoms with Crippen LogP contribution in [0, 0.1) is 5.92 Å². The van der Waals surface area contributed by atoms with Crippen LogP contribution < -0.4 is 5.32 Å². The first-order valence-electron chi connectivity index (χ1n) is 5.78. The molecule has 0 aromatic heterocycles. The zero-order valence-electron chi connectivity index (χ0n) is 8.50. The molecule has 0 amide bonds. The van der Waals surface area contributed by atoms with Crippen molar-refractivity contribution in [2.24, 2.45) is 5.92 Å². The predicted molar refractivity (Wildman–Crippen MR) is 59.6 cm³/mol. The van der Waals surface area contributed by atoms with E-state index in [1.807, 2.05) is 0 Å². The Labute approximate surface area is 85.5 Å². The predicted octanol–water partition coefficient (Wildman–Crippen LogP) is 3.39. The van der Waals surface area contributed by atoms with E-state index in [9.17, 15) is 0 Å². The summed E-state index contributed by atoms with van der Waals surface area (Å²) in [6.45, 7) is 1.20. The molecule has 1 N–H and O–H groups in total. The molecule has 0 radical (unpaired) electrons. The van der Waals surface area contributed by atoms with E-state index in [1.165, 1.54) is 37.9 Å². The number of hydrogen-bond donors (Lipinski definition) is 1. The molecule has 1 fully saturated rings. The second kappa shape index (κ2) is 3.30. The van der Waals surface area contributed by atoms with Crippen molar-refractivity contribution in [2.75, 3.05) is 11.9 Å². The highest BCUT2D eigenvalue weighted by Gasteiger charge is 2.30. The van der Waals surface area contributed by atoms with Crippen LogP contribution in [0.25, 0.3) is 0 Å². The van der Waals surface area contributed by atoms with Crippen LogP contribution >= 0.6 is 0 Å².